The Labute approximate surface area is 175 Å². The predicted octanol–water partition coefficient (Wildman–Crippen LogP) is 1.28. The van der Waals surface area contributed by atoms with Crippen molar-refractivity contribution in [3.8, 4) is 0 Å². The Morgan fingerprint density at radius 1 is 1.10 bits per heavy atom. The van der Waals surface area contributed by atoms with Crippen LogP contribution in [0.15, 0.2) is 24.3 Å². The molecule has 9 heteroatoms. The van der Waals surface area contributed by atoms with Crippen molar-refractivity contribution in [1.82, 2.24) is 15.5 Å². The van der Waals surface area contributed by atoms with Gasteiger partial charge in [-0.05, 0) is 50.5 Å². The number of rotatable bonds is 6. The maximum absolute atomic E-state index is 12.3. The quantitative estimate of drug-likeness (QED) is 0.726. The summed E-state index contributed by atoms with van der Waals surface area (Å²) in [6.07, 6.45) is 2.37. The largest absolute Gasteiger partial charge is 0.450 e. The summed E-state index contributed by atoms with van der Waals surface area (Å²) in [4.78, 5) is 51.3. The second kappa shape index (κ2) is 10.1. The van der Waals surface area contributed by atoms with Crippen molar-refractivity contribution in [2.24, 2.45) is 0 Å². The van der Waals surface area contributed by atoms with Gasteiger partial charge in [-0.3, -0.25) is 14.4 Å². The fourth-order valence-electron chi connectivity index (χ4n) is 3.68. The van der Waals surface area contributed by atoms with E-state index in [1.165, 1.54) is 0 Å². The fourth-order valence-corrected chi connectivity index (χ4v) is 3.68. The highest BCUT2D eigenvalue weighted by molar-refractivity contribution is 5.98. The first-order valence-electron chi connectivity index (χ1n) is 10.4. The van der Waals surface area contributed by atoms with Gasteiger partial charge in [-0.15, -0.1) is 0 Å². The van der Waals surface area contributed by atoms with Crippen molar-refractivity contribution in [2.45, 2.75) is 38.6 Å². The van der Waals surface area contributed by atoms with E-state index in [0.717, 1.165) is 12.1 Å². The number of benzene rings is 1. The summed E-state index contributed by atoms with van der Waals surface area (Å²) in [6.45, 7) is 3.74. The predicted molar refractivity (Wildman–Crippen MR) is 110 cm³/mol. The summed E-state index contributed by atoms with van der Waals surface area (Å²) in [5.41, 5.74) is 1.21. The number of nitrogens with zero attached hydrogens (tertiary/aromatic N) is 2. The summed E-state index contributed by atoms with van der Waals surface area (Å²) in [5.74, 6) is -0.518. The molecule has 2 aliphatic heterocycles. The normalized spacial score (nSPS) is 17.0. The molecule has 162 valence electrons. The lowest BCUT2D eigenvalue weighted by atomic mass is 10.1. The Morgan fingerprint density at radius 3 is 2.40 bits per heavy atom. The third-order valence-electron chi connectivity index (χ3n) is 5.31. The standard InChI is InChI=1S/C21H28N4O5/c1-2-30-21(29)24-12-9-16(10-13-24)23-18(26)14-22-20(28)15-5-7-17(8-6-15)25-11-3-4-19(25)27/h5-8,16H,2-4,9-14H2,1H3,(H,22,28)(H,23,26). The molecule has 0 radical (unpaired) electrons. The van der Waals surface area contributed by atoms with Crippen LogP contribution in [0.4, 0.5) is 10.5 Å². The Hall–Kier alpha value is -3.10. The molecule has 1 aromatic rings. The van der Waals surface area contributed by atoms with E-state index in [0.29, 0.717) is 51.1 Å². The van der Waals surface area contributed by atoms with E-state index < -0.39 is 0 Å². The number of hydrogen-bond donors (Lipinski definition) is 2. The van der Waals surface area contributed by atoms with E-state index in [1.807, 2.05) is 0 Å². The van der Waals surface area contributed by atoms with Gasteiger partial charge in [0.25, 0.3) is 5.91 Å². The first-order chi connectivity index (χ1) is 14.5. The van der Waals surface area contributed by atoms with Crippen LogP contribution in [0.2, 0.25) is 0 Å². The minimum atomic E-state index is -0.346. The lowest BCUT2D eigenvalue weighted by molar-refractivity contribution is -0.121. The first kappa shape index (κ1) is 21.6. The summed E-state index contributed by atoms with van der Waals surface area (Å²) < 4.78 is 4.98. The second-order valence-electron chi connectivity index (χ2n) is 7.41. The fraction of sp³-hybridized carbons (Fsp3) is 0.524. The highest BCUT2D eigenvalue weighted by Gasteiger charge is 2.25. The third-order valence-corrected chi connectivity index (χ3v) is 5.31. The van der Waals surface area contributed by atoms with Crippen LogP contribution >= 0.6 is 0 Å². The van der Waals surface area contributed by atoms with Gasteiger partial charge >= 0.3 is 6.09 Å². The van der Waals surface area contributed by atoms with Crippen LogP contribution in [-0.2, 0) is 14.3 Å². The number of piperidine rings is 1. The van der Waals surface area contributed by atoms with Crippen LogP contribution in [-0.4, -0.2) is 67.5 Å². The highest BCUT2D eigenvalue weighted by atomic mass is 16.6. The number of carbonyl (C=O) groups is 4. The average molecular weight is 416 g/mol. The van der Waals surface area contributed by atoms with Crippen LogP contribution in [0.5, 0.6) is 0 Å². The third kappa shape index (κ3) is 5.49. The van der Waals surface area contributed by atoms with Gasteiger partial charge in [-0.2, -0.15) is 0 Å². The molecule has 9 nitrogen and oxygen atoms in total. The van der Waals surface area contributed by atoms with Gasteiger partial charge in [0.05, 0.1) is 13.2 Å². The average Bonchev–Trinajstić information content (AvgIpc) is 3.18. The molecule has 2 heterocycles. The molecule has 0 atom stereocenters. The molecule has 1 aromatic carbocycles. The smallest absolute Gasteiger partial charge is 0.409 e. The summed E-state index contributed by atoms with van der Waals surface area (Å²) in [6, 6.07) is 6.77. The second-order valence-corrected chi connectivity index (χ2v) is 7.41. The van der Waals surface area contributed by atoms with Crippen LogP contribution < -0.4 is 15.5 Å². The molecule has 0 aromatic heterocycles. The van der Waals surface area contributed by atoms with Gasteiger partial charge in [0.15, 0.2) is 0 Å². The maximum Gasteiger partial charge on any atom is 0.409 e. The van der Waals surface area contributed by atoms with Crippen molar-refractivity contribution in [3.63, 3.8) is 0 Å². The molecule has 2 N–H and O–H groups in total. The van der Waals surface area contributed by atoms with E-state index in [4.69, 9.17) is 4.74 Å². The van der Waals surface area contributed by atoms with E-state index in [1.54, 1.807) is 41.0 Å². The molecule has 2 saturated heterocycles. The monoisotopic (exact) mass is 416 g/mol. The van der Waals surface area contributed by atoms with E-state index in [2.05, 4.69) is 10.6 Å². The zero-order chi connectivity index (χ0) is 21.5. The van der Waals surface area contributed by atoms with E-state index >= 15 is 0 Å². The zero-order valence-corrected chi connectivity index (χ0v) is 17.2. The lowest BCUT2D eigenvalue weighted by Crippen LogP contribution is -2.48. The number of ether oxygens (including phenoxy) is 1. The maximum atomic E-state index is 12.3. The Kier molecular flexibility index (Phi) is 7.26. The summed E-state index contributed by atoms with van der Waals surface area (Å²) in [5, 5.41) is 5.51. The van der Waals surface area contributed by atoms with Crippen LogP contribution in [0, 0.1) is 0 Å². The minimum Gasteiger partial charge on any atom is -0.450 e. The summed E-state index contributed by atoms with van der Waals surface area (Å²) >= 11 is 0. The van der Waals surface area contributed by atoms with Crippen molar-refractivity contribution in [2.75, 3.05) is 37.7 Å². The van der Waals surface area contributed by atoms with Crippen LogP contribution in [0.1, 0.15) is 43.0 Å². The molecule has 2 fully saturated rings. The Bertz CT molecular complexity index is 787. The Balaban J connectivity index is 1.40. The molecule has 0 bridgehead atoms. The molecule has 4 amide bonds. The number of amides is 4. The molecule has 2 aliphatic rings. The topological polar surface area (TPSA) is 108 Å². The molecular weight excluding hydrogens is 388 g/mol. The molecule has 3 rings (SSSR count). The van der Waals surface area contributed by atoms with Crippen molar-refractivity contribution >= 4 is 29.5 Å². The van der Waals surface area contributed by atoms with Crippen molar-refractivity contribution in [3.05, 3.63) is 29.8 Å². The van der Waals surface area contributed by atoms with Gasteiger partial charge in [0.1, 0.15) is 0 Å². The molecule has 30 heavy (non-hydrogen) atoms. The number of hydrogen-bond acceptors (Lipinski definition) is 5. The van der Waals surface area contributed by atoms with Crippen molar-refractivity contribution in [1.29, 1.82) is 0 Å². The molecule has 0 unspecified atom stereocenters. The summed E-state index contributed by atoms with van der Waals surface area (Å²) in [7, 11) is 0. The Morgan fingerprint density at radius 2 is 1.80 bits per heavy atom. The van der Waals surface area contributed by atoms with Crippen LogP contribution in [0.25, 0.3) is 0 Å². The highest BCUT2D eigenvalue weighted by Crippen LogP contribution is 2.21. The molecule has 0 saturated carbocycles. The van der Waals surface area contributed by atoms with Gasteiger partial charge in [0.2, 0.25) is 11.8 Å². The number of nitrogens with one attached hydrogen (secondary N) is 2. The van der Waals surface area contributed by atoms with Crippen molar-refractivity contribution < 1.29 is 23.9 Å². The van der Waals surface area contributed by atoms with Gasteiger partial charge in [0, 0.05) is 43.3 Å². The molecule has 0 aliphatic carbocycles. The lowest BCUT2D eigenvalue weighted by Gasteiger charge is -2.31. The van der Waals surface area contributed by atoms with Gasteiger partial charge in [-0.25, -0.2) is 4.79 Å². The van der Waals surface area contributed by atoms with Crippen LogP contribution in [0.3, 0.4) is 0 Å². The van der Waals surface area contributed by atoms with E-state index in [9.17, 15) is 19.2 Å². The number of anilines is 1. The SMILES string of the molecule is CCOC(=O)N1CCC(NC(=O)CNC(=O)c2ccc(N3CCCC3=O)cc2)CC1. The molecular formula is C21H28N4O5. The van der Waals surface area contributed by atoms with Gasteiger partial charge in [-0.1, -0.05) is 0 Å². The van der Waals surface area contributed by atoms with Gasteiger partial charge < -0.3 is 25.2 Å². The van der Waals surface area contributed by atoms with E-state index in [-0.39, 0.29) is 36.4 Å². The zero-order valence-electron chi connectivity index (χ0n) is 17.2. The molecule has 0 spiro atoms. The number of carbonyl (C=O) groups excluding carboxylic acids is 4. The number of likely N-dealkylation sites (tertiary alicyclic amines) is 1. The first-order valence-corrected chi connectivity index (χ1v) is 10.4. The minimum absolute atomic E-state index is 0.0302.